The molecule has 5 heteroatoms. The molecule has 4 aromatic rings. The second kappa shape index (κ2) is 9.74. The predicted molar refractivity (Wildman–Crippen MR) is 131 cm³/mol. The van der Waals surface area contributed by atoms with Crippen LogP contribution < -0.4 is 4.74 Å². The third kappa shape index (κ3) is 4.82. The van der Waals surface area contributed by atoms with Crippen LogP contribution in [0.3, 0.4) is 0 Å². The van der Waals surface area contributed by atoms with E-state index in [9.17, 15) is 4.39 Å². The van der Waals surface area contributed by atoms with E-state index >= 15 is 0 Å². The standard InChI is InChI=1S/C28H27FN2O2/c1-19-8-7-10-25(16-19)31-21(3)26(17-27(31)22-12-14-24(29)15-13-22)20(2)30-33-18-23-9-5-6-11-28(23)32-4/h5-17H,18H2,1-4H3. The topological polar surface area (TPSA) is 35.8 Å². The van der Waals surface area contributed by atoms with Crippen LogP contribution >= 0.6 is 0 Å². The molecule has 0 saturated heterocycles. The van der Waals surface area contributed by atoms with Gasteiger partial charge in [0.2, 0.25) is 0 Å². The summed E-state index contributed by atoms with van der Waals surface area (Å²) in [7, 11) is 1.64. The van der Waals surface area contributed by atoms with Crippen molar-refractivity contribution >= 4 is 5.71 Å². The molecule has 1 aromatic heterocycles. The fourth-order valence-electron chi connectivity index (χ4n) is 3.98. The SMILES string of the molecule is COc1ccccc1CON=C(C)c1cc(-c2ccc(F)cc2)n(-c2cccc(C)c2)c1C. The van der Waals surface area contributed by atoms with Crippen molar-refractivity contribution in [1.82, 2.24) is 4.57 Å². The zero-order valence-corrected chi connectivity index (χ0v) is 19.3. The molecule has 0 aliphatic heterocycles. The maximum Gasteiger partial charge on any atom is 0.145 e. The summed E-state index contributed by atoms with van der Waals surface area (Å²) < 4.78 is 21.1. The molecule has 3 aromatic carbocycles. The largest absolute Gasteiger partial charge is 0.496 e. The zero-order chi connectivity index (χ0) is 23.4. The Morgan fingerprint density at radius 1 is 0.939 bits per heavy atom. The van der Waals surface area contributed by atoms with E-state index in [-0.39, 0.29) is 5.82 Å². The maximum absolute atomic E-state index is 13.6. The quantitative estimate of drug-likeness (QED) is 0.232. The first-order valence-corrected chi connectivity index (χ1v) is 10.8. The molecular weight excluding hydrogens is 415 g/mol. The normalized spacial score (nSPS) is 11.5. The Morgan fingerprint density at radius 2 is 1.70 bits per heavy atom. The van der Waals surface area contributed by atoms with E-state index in [1.807, 2.05) is 37.3 Å². The van der Waals surface area contributed by atoms with Gasteiger partial charge in [0.15, 0.2) is 0 Å². The second-order valence-corrected chi connectivity index (χ2v) is 7.97. The Bertz CT molecular complexity index is 1290. The number of para-hydroxylation sites is 1. The lowest BCUT2D eigenvalue weighted by atomic mass is 10.1. The molecule has 0 amide bonds. The third-order valence-electron chi connectivity index (χ3n) is 5.65. The molecule has 0 aliphatic carbocycles. The van der Waals surface area contributed by atoms with E-state index in [2.05, 4.69) is 47.8 Å². The van der Waals surface area contributed by atoms with Gasteiger partial charge in [-0.3, -0.25) is 0 Å². The minimum atomic E-state index is -0.258. The summed E-state index contributed by atoms with van der Waals surface area (Å²) in [6.07, 6.45) is 0. The van der Waals surface area contributed by atoms with Crippen LogP contribution in [0.4, 0.5) is 4.39 Å². The summed E-state index contributed by atoms with van der Waals surface area (Å²) in [5, 5.41) is 4.39. The zero-order valence-electron chi connectivity index (χ0n) is 19.3. The van der Waals surface area contributed by atoms with Crippen LogP contribution in [-0.2, 0) is 11.4 Å². The predicted octanol–water partition coefficient (Wildman–Crippen LogP) is 6.85. The molecule has 0 unspecified atom stereocenters. The molecular formula is C28H27FN2O2. The van der Waals surface area contributed by atoms with E-state index < -0.39 is 0 Å². The van der Waals surface area contributed by atoms with Crippen molar-refractivity contribution in [1.29, 1.82) is 0 Å². The molecule has 4 rings (SSSR count). The van der Waals surface area contributed by atoms with Gasteiger partial charge in [-0.15, -0.1) is 0 Å². The summed E-state index contributed by atoms with van der Waals surface area (Å²) >= 11 is 0. The van der Waals surface area contributed by atoms with Crippen molar-refractivity contribution in [2.75, 3.05) is 7.11 Å². The number of ether oxygens (including phenoxy) is 1. The highest BCUT2D eigenvalue weighted by Crippen LogP contribution is 2.30. The highest BCUT2D eigenvalue weighted by atomic mass is 19.1. The van der Waals surface area contributed by atoms with Gasteiger partial charge in [0.1, 0.15) is 18.2 Å². The summed E-state index contributed by atoms with van der Waals surface area (Å²) in [5.74, 6) is 0.512. The molecule has 0 bridgehead atoms. The lowest BCUT2D eigenvalue weighted by molar-refractivity contribution is 0.128. The van der Waals surface area contributed by atoms with Crippen molar-refractivity contribution in [3.8, 4) is 22.7 Å². The van der Waals surface area contributed by atoms with E-state index in [0.29, 0.717) is 6.61 Å². The second-order valence-electron chi connectivity index (χ2n) is 7.97. The van der Waals surface area contributed by atoms with Crippen LogP contribution in [0.1, 0.15) is 29.3 Å². The van der Waals surface area contributed by atoms with Gasteiger partial charge in [0.25, 0.3) is 0 Å². The first-order valence-electron chi connectivity index (χ1n) is 10.8. The molecule has 0 saturated carbocycles. The van der Waals surface area contributed by atoms with E-state index in [1.54, 1.807) is 19.2 Å². The summed E-state index contributed by atoms with van der Waals surface area (Å²) in [4.78, 5) is 5.68. The number of rotatable bonds is 7. The van der Waals surface area contributed by atoms with E-state index in [0.717, 1.165) is 50.8 Å². The number of hydrogen-bond acceptors (Lipinski definition) is 3. The number of nitrogens with zero attached hydrogens (tertiary/aromatic N) is 2. The first kappa shape index (κ1) is 22.3. The number of aromatic nitrogens is 1. The van der Waals surface area contributed by atoms with Crippen molar-refractivity contribution in [2.24, 2.45) is 5.16 Å². The third-order valence-corrected chi connectivity index (χ3v) is 5.65. The Hall–Kier alpha value is -3.86. The summed E-state index contributed by atoms with van der Waals surface area (Å²) in [6.45, 7) is 6.37. The van der Waals surface area contributed by atoms with Gasteiger partial charge < -0.3 is 14.1 Å². The molecule has 0 fully saturated rings. The Morgan fingerprint density at radius 3 is 2.42 bits per heavy atom. The van der Waals surface area contributed by atoms with E-state index in [4.69, 9.17) is 9.57 Å². The first-order chi connectivity index (χ1) is 16.0. The van der Waals surface area contributed by atoms with Crippen LogP contribution in [0.15, 0.2) is 84.0 Å². The van der Waals surface area contributed by atoms with Crippen LogP contribution in [-0.4, -0.2) is 17.4 Å². The van der Waals surface area contributed by atoms with Gasteiger partial charge >= 0.3 is 0 Å². The summed E-state index contributed by atoms with van der Waals surface area (Å²) in [6, 6.07) is 24.7. The number of halogens is 1. The van der Waals surface area contributed by atoms with Crippen LogP contribution in [0, 0.1) is 19.7 Å². The lowest BCUT2D eigenvalue weighted by Gasteiger charge is -2.13. The van der Waals surface area contributed by atoms with Gasteiger partial charge in [0, 0.05) is 22.5 Å². The maximum atomic E-state index is 13.6. The molecule has 0 aliphatic rings. The van der Waals surface area contributed by atoms with Crippen LogP contribution in [0.2, 0.25) is 0 Å². The molecule has 1 heterocycles. The fraction of sp³-hybridized carbons (Fsp3) is 0.179. The summed E-state index contributed by atoms with van der Waals surface area (Å²) in [5.41, 5.74) is 7.79. The minimum absolute atomic E-state index is 0.258. The highest BCUT2D eigenvalue weighted by Gasteiger charge is 2.17. The minimum Gasteiger partial charge on any atom is -0.496 e. The Labute approximate surface area is 193 Å². The van der Waals surface area contributed by atoms with Gasteiger partial charge in [-0.25, -0.2) is 4.39 Å². The smallest absolute Gasteiger partial charge is 0.145 e. The Balaban J connectivity index is 1.71. The number of methoxy groups -OCH3 is 1. The van der Waals surface area contributed by atoms with Gasteiger partial charge in [-0.2, -0.15) is 0 Å². The fourth-order valence-corrected chi connectivity index (χ4v) is 3.98. The lowest BCUT2D eigenvalue weighted by Crippen LogP contribution is -2.03. The molecule has 33 heavy (non-hydrogen) atoms. The number of oxime groups is 1. The van der Waals surface area contributed by atoms with Gasteiger partial charge in [0.05, 0.1) is 18.5 Å². The monoisotopic (exact) mass is 442 g/mol. The average Bonchev–Trinajstić information content (AvgIpc) is 3.17. The van der Waals surface area contributed by atoms with Crippen molar-refractivity contribution in [3.63, 3.8) is 0 Å². The number of hydrogen-bond donors (Lipinski definition) is 0. The van der Waals surface area contributed by atoms with Crippen molar-refractivity contribution < 1.29 is 14.0 Å². The average molecular weight is 443 g/mol. The van der Waals surface area contributed by atoms with E-state index in [1.165, 1.54) is 12.1 Å². The Kier molecular flexibility index (Phi) is 6.59. The van der Waals surface area contributed by atoms with Gasteiger partial charge in [-0.1, -0.05) is 35.5 Å². The molecule has 4 nitrogen and oxygen atoms in total. The van der Waals surface area contributed by atoms with Crippen LogP contribution in [0.25, 0.3) is 16.9 Å². The van der Waals surface area contributed by atoms with Crippen LogP contribution in [0.5, 0.6) is 5.75 Å². The molecule has 0 N–H and O–H groups in total. The highest BCUT2D eigenvalue weighted by molar-refractivity contribution is 6.01. The van der Waals surface area contributed by atoms with Gasteiger partial charge in [-0.05, 0) is 80.4 Å². The van der Waals surface area contributed by atoms with Crippen molar-refractivity contribution in [3.05, 3.63) is 107 Å². The number of aryl methyl sites for hydroxylation is 1. The van der Waals surface area contributed by atoms with Crippen molar-refractivity contribution in [2.45, 2.75) is 27.4 Å². The molecule has 0 atom stereocenters. The molecule has 0 spiro atoms. The molecule has 168 valence electrons. The number of benzene rings is 3. The molecule has 0 radical (unpaired) electrons.